The molecule has 0 saturated carbocycles. The minimum atomic E-state index is 0.125. The molecule has 0 aliphatic carbocycles. The maximum atomic E-state index is 6.14. The second-order valence-corrected chi connectivity index (χ2v) is 8.12. The van der Waals surface area contributed by atoms with E-state index in [1.807, 2.05) is 30.0 Å². The van der Waals surface area contributed by atoms with E-state index in [4.69, 9.17) is 16.3 Å². The monoisotopic (exact) mass is 375 g/mol. The van der Waals surface area contributed by atoms with Crippen molar-refractivity contribution in [3.05, 3.63) is 27.7 Å². The third kappa shape index (κ3) is 3.46. The molecule has 1 aromatic carbocycles. The Labute approximate surface area is 138 Å². The van der Waals surface area contributed by atoms with Crippen LogP contribution in [0.25, 0.3) is 0 Å². The summed E-state index contributed by atoms with van der Waals surface area (Å²) in [5.41, 5.74) is 1.25. The maximum absolute atomic E-state index is 6.14. The first kappa shape index (κ1) is 15.0. The van der Waals surface area contributed by atoms with Crippen molar-refractivity contribution >= 4 is 45.0 Å². The highest BCUT2D eigenvalue weighted by Crippen LogP contribution is 2.39. The number of rotatable bonds is 2. The van der Waals surface area contributed by atoms with Crippen molar-refractivity contribution in [2.45, 2.75) is 37.3 Å². The number of hydrogen-bond acceptors (Lipinski definition) is 3. The first-order valence-electron chi connectivity index (χ1n) is 7.10. The summed E-state index contributed by atoms with van der Waals surface area (Å²) < 4.78 is 7.17. The van der Waals surface area contributed by atoms with Gasteiger partial charge in [-0.1, -0.05) is 11.6 Å². The van der Waals surface area contributed by atoms with E-state index in [0.29, 0.717) is 6.04 Å². The van der Waals surface area contributed by atoms with Gasteiger partial charge in [0.15, 0.2) is 0 Å². The van der Waals surface area contributed by atoms with Gasteiger partial charge in [0.2, 0.25) is 0 Å². The van der Waals surface area contributed by atoms with Crippen LogP contribution < -0.4 is 5.32 Å². The number of benzene rings is 1. The van der Waals surface area contributed by atoms with E-state index in [-0.39, 0.29) is 5.60 Å². The third-order valence-corrected chi connectivity index (χ3v) is 6.06. The molecule has 0 aromatic heterocycles. The van der Waals surface area contributed by atoms with Crippen LogP contribution in [0.3, 0.4) is 0 Å². The van der Waals surface area contributed by atoms with Crippen molar-refractivity contribution in [3.8, 4) is 0 Å². The molecule has 20 heavy (non-hydrogen) atoms. The summed E-state index contributed by atoms with van der Waals surface area (Å²) in [6, 6.07) is 6.41. The Morgan fingerprint density at radius 2 is 2.15 bits per heavy atom. The standard InChI is InChI=1S/C15H19BrClNOS/c16-13-9-11(17)1-2-14(13)18-12-3-6-19-15(10-12)4-7-20-8-5-15/h1-2,9,12,18H,3-8,10H2. The van der Waals surface area contributed by atoms with E-state index in [1.54, 1.807) is 0 Å². The zero-order valence-electron chi connectivity index (χ0n) is 11.3. The molecule has 0 amide bonds. The van der Waals surface area contributed by atoms with Crippen molar-refractivity contribution in [3.63, 3.8) is 0 Å². The number of ether oxygens (including phenoxy) is 1. The Bertz CT molecular complexity index is 473. The lowest BCUT2D eigenvalue weighted by atomic mass is 9.85. The van der Waals surface area contributed by atoms with Gasteiger partial charge in [-0.2, -0.15) is 11.8 Å². The van der Waals surface area contributed by atoms with Gasteiger partial charge < -0.3 is 10.1 Å². The van der Waals surface area contributed by atoms with E-state index in [1.165, 1.54) is 24.3 Å². The Morgan fingerprint density at radius 1 is 1.35 bits per heavy atom. The first-order chi connectivity index (χ1) is 9.67. The molecular formula is C15H19BrClNOS. The normalized spacial score (nSPS) is 25.6. The van der Waals surface area contributed by atoms with Crippen LogP contribution in [0.2, 0.25) is 5.02 Å². The Hall–Kier alpha value is 0.1000. The van der Waals surface area contributed by atoms with Crippen LogP contribution in [0, 0.1) is 0 Å². The van der Waals surface area contributed by atoms with E-state index in [9.17, 15) is 0 Å². The van der Waals surface area contributed by atoms with Gasteiger partial charge in [-0.25, -0.2) is 0 Å². The SMILES string of the molecule is Clc1ccc(NC2CCOC3(CCSCC3)C2)c(Br)c1. The third-order valence-electron chi connectivity index (χ3n) is 4.19. The molecule has 1 N–H and O–H groups in total. The van der Waals surface area contributed by atoms with E-state index in [0.717, 1.165) is 34.6 Å². The van der Waals surface area contributed by atoms with Crippen LogP contribution in [-0.2, 0) is 4.74 Å². The van der Waals surface area contributed by atoms with Crippen LogP contribution in [0.15, 0.2) is 22.7 Å². The van der Waals surface area contributed by atoms with E-state index >= 15 is 0 Å². The summed E-state index contributed by atoms with van der Waals surface area (Å²) in [6.45, 7) is 0.869. The molecule has 5 heteroatoms. The van der Waals surface area contributed by atoms with Crippen LogP contribution >= 0.6 is 39.3 Å². The predicted octanol–water partition coefficient (Wildman–Crippen LogP) is 4.96. The molecule has 1 atom stereocenters. The molecule has 2 aliphatic rings. The molecule has 3 rings (SSSR count). The predicted molar refractivity (Wildman–Crippen MR) is 91.0 cm³/mol. The van der Waals surface area contributed by atoms with Crippen LogP contribution in [0.5, 0.6) is 0 Å². The van der Waals surface area contributed by atoms with Crippen molar-refractivity contribution in [2.75, 3.05) is 23.4 Å². The van der Waals surface area contributed by atoms with Gasteiger partial charge in [0.25, 0.3) is 0 Å². The minimum absolute atomic E-state index is 0.125. The summed E-state index contributed by atoms with van der Waals surface area (Å²) >= 11 is 11.6. The molecule has 110 valence electrons. The second kappa shape index (κ2) is 6.47. The Morgan fingerprint density at radius 3 is 2.90 bits per heavy atom. The summed E-state index contributed by atoms with van der Waals surface area (Å²) in [6.07, 6.45) is 4.57. The summed E-state index contributed by atoms with van der Waals surface area (Å²) in [5.74, 6) is 2.47. The minimum Gasteiger partial charge on any atom is -0.381 e. The average Bonchev–Trinajstić information content (AvgIpc) is 2.43. The molecule has 2 aliphatic heterocycles. The first-order valence-corrected chi connectivity index (χ1v) is 9.43. The van der Waals surface area contributed by atoms with Gasteiger partial charge in [-0.3, -0.25) is 0 Å². The number of nitrogens with one attached hydrogen (secondary N) is 1. The van der Waals surface area contributed by atoms with Gasteiger partial charge in [-0.15, -0.1) is 0 Å². The average molecular weight is 377 g/mol. The smallest absolute Gasteiger partial charge is 0.0717 e. The molecule has 2 nitrogen and oxygen atoms in total. The van der Waals surface area contributed by atoms with E-state index in [2.05, 4.69) is 21.2 Å². The Kier molecular flexibility index (Phi) is 4.86. The van der Waals surface area contributed by atoms with Crippen LogP contribution in [0.4, 0.5) is 5.69 Å². The second-order valence-electron chi connectivity index (χ2n) is 5.60. The lowest BCUT2D eigenvalue weighted by Gasteiger charge is -2.43. The summed E-state index contributed by atoms with van der Waals surface area (Å²) in [7, 11) is 0. The quantitative estimate of drug-likeness (QED) is 0.788. The lowest BCUT2D eigenvalue weighted by molar-refractivity contribution is -0.0865. The maximum Gasteiger partial charge on any atom is 0.0717 e. The van der Waals surface area contributed by atoms with Gasteiger partial charge in [0.05, 0.1) is 5.60 Å². The number of thioether (sulfide) groups is 1. The zero-order chi connectivity index (χ0) is 14.0. The number of anilines is 1. The fourth-order valence-corrected chi connectivity index (χ4v) is 5.10. The number of halogens is 2. The topological polar surface area (TPSA) is 21.3 Å². The highest BCUT2D eigenvalue weighted by molar-refractivity contribution is 9.10. The van der Waals surface area contributed by atoms with Crippen LogP contribution in [-0.4, -0.2) is 29.8 Å². The highest BCUT2D eigenvalue weighted by atomic mass is 79.9. The van der Waals surface area contributed by atoms with Crippen molar-refractivity contribution in [2.24, 2.45) is 0 Å². The van der Waals surface area contributed by atoms with Crippen molar-refractivity contribution in [1.82, 2.24) is 0 Å². The van der Waals surface area contributed by atoms with Gasteiger partial charge in [-0.05, 0) is 71.3 Å². The molecule has 1 unspecified atom stereocenters. The highest BCUT2D eigenvalue weighted by Gasteiger charge is 2.38. The Balaban J connectivity index is 1.68. The molecule has 2 saturated heterocycles. The van der Waals surface area contributed by atoms with Crippen molar-refractivity contribution in [1.29, 1.82) is 0 Å². The summed E-state index contributed by atoms with van der Waals surface area (Å²) in [4.78, 5) is 0. The molecule has 1 aromatic rings. The molecule has 0 bridgehead atoms. The van der Waals surface area contributed by atoms with E-state index < -0.39 is 0 Å². The van der Waals surface area contributed by atoms with Crippen molar-refractivity contribution < 1.29 is 4.74 Å². The molecular weight excluding hydrogens is 358 g/mol. The molecule has 2 heterocycles. The fraction of sp³-hybridized carbons (Fsp3) is 0.600. The largest absolute Gasteiger partial charge is 0.381 e. The van der Waals surface area contributed by atoms with Crippen LogP contribution in [0.1, 0.15) is 25.7 Å². The molecule has 0 radical (unpaired) electrons. The summed E-state index contributed by atoms with van der Waals surface area (Å²) in [5, 5.41) is 4.42. The fourth-order valence-electron chi connectivity index (χ4n) is 3.07. The zero-order valence-corrected chi connectivity index (χ0v) is 14.5. The van der Waals surface area contributed by atoms with Gasteiger partial charge >= 0.3 is 0 Å². The molecule has 2 fully saturated rings. The number of hydrogen-bond donors (Lipinski definition) is 1. The van der Waals surface area contributed by atoms with Gasteiger partial charge in [0, 0.05) is 27.8 Å². The molecule has 1 spiro atoms. The van der Waals surface area contributed by atoms with Gasteiger partial charge in [0.1, 0.15) is 0 Å². The lowest BCUT2D eigenvalue weighted by Crippen LogP contribution is -2.46.